The highest BCUT2D eigenvalue weighted by atomic mass is 32.1. The van der Waals surface area contributed by atoms with E-state index in [2.05, 4.69) is 5.32 Å². The van der Waals surface area contributed by atoms with Gasteiger partial charge in [-0.05, 0) is 41.3 Å². The first-order valence-electron chi connectivity index (χ1n) is 9.73. The van der Waals surface area contributed by atoms with Crippen LogP contribution in [0.4, 0.5) is 4.39 Å². The number of amides is 2. The second-order valence-corrected chi connectivity index (χ2v) is 8.09. The van der Waals surface area contributed by atoms with E-state index in [0.717, 1.165) is 10.4 Å². The maximum atomic E-state index is 13.3. The van der Waals surface area contributed by atoms with Crippen molar-refractivity contribution >= 4 is 23.2 Å². The van der Waals surface area contributed by atoms with E-state index in [-0.39, 0.29) is 30.2 Å². The van der Waals surface area contributed by atoms with E-state index < -0.39 is 0 Å². The minimum absolute atomic E-state index is 0.108. The van der Waals surface area contributed by atoms with Crippen molar-refractivity contribution in [2.24, 2.45) is 0 Å². The lowest BCUT2D eigenvalue weighted by Crippen LogP contribution is -2.51. The second-order valence-electron chi connectivity index (χ2n) is 7.11. The van der Waals surface area contributed by atoms with Crippen LogP contribution in [0.3, 0.4) is 0 Å². The van der Waals surface area contributed by atoms with E-state index in [1.165, 1.54) is 18.4 Å². The highest BCUT2D eigenvalue weighted by Crippen LogP contribution is 2.26. The highest BCUT2D eigenvalue weighted by molar-refractivity contribution is 7.10. The van der Waals surface area contributed by atoms with Crippen LogP contribution in [0.2, 0.25) is 0 Å². The summed E-state index contributed by atoms with van der Waals surface area (Å²) in [5, 5.41) is 5.02. The average molecular weight is 428 g/mol. The number of furan rings is 1. The summed E-state index contributed by atoms with van der Waals surface area (Å²) in [7, 11) is 0. The van der Waals surface area contributed by atoms with Crippen molar-refractivity contribution in [2.45, 2.75) is 6.04 Å². The zero-order chi connectivity index (χ0) is 20.9. The molecule has 1 aliphatic rings. The fraction of sp³-hybridized carbons (Fsp3) is 0.273. The largest absolute Gasteiger partial charge is 0.459 e. The van der Waals surface area contributed by atoms with Crippen LogP contribution < -0.4 is 5.32 Å². The first-order valence-corrected chi connectivity index (χ1v) is 10.6. The maximum Gasteiger partial charge on any atom is 0.289 e. The Balaban J connectivity index is 1.34. The number of nitrogens with one attached hydrogen (secondary N) is 1. The molecule has 3 heterocycles. The number of benzene rings is 1. The van der Waals surface area contributed by atoms with Gasteiger partial charge in [0.2, 0.25) is 5.91 Å². The molecule has 0 aliphatic carbocycles. The number of carbonyl (C=O) groups is 2. The molecule has 0 radical (unpaired) electrons. The number of nitrogens with zero attached hydrogens (tertiary/aromatic N) is 2. The number of hydrogen-bond acceptors (Lipinski definition) is 5. The third kappa shape index (κ3) is 4.77. The van der Waals surface area contributed by atoms with Crippen molar-refractivity contribution in [3.8, 4) is 0 Å². The molecule has 30 heavy (non-hydrogen) atoms. The molecule has 1 fully saturated rings. The molecule has 156 valence electrons. The zero-order valence-electron chi connectivity index (χ0n) is 16.3. The minimum Gasteiger partial charge on any atom is -0.459 e. The fourth-order valence-corrected chi connectivity index (χ4v) is 4.31. The quantitative estimate of drug-likeness (QED) is 0.656. The number of piperazine rings is 1. The van der Waals surface area contributed by atoms with Gasteiger partial charge in [-0.25, -0.2) is 4.39 Å². The van der Waals surface area contributed by atoms with Crippen molar-refractivity contribution in [3.05, 3.63) is 82.2 Å². The topological polar surface area (TPSA) is 65.8 Å². The monoisotopic (exact) mass is 427 g/mol. The van der Waals surface area contributed by atoms with E-state index >= 15 is 0 Å². The van der Waals surface area contributed by atoms with Gasteiger partial charge in [0.15, 0.2) is 5.76 Å². The molecule has 2 amide bonds. The Kier molecular flexibility index (Phi) is 6.25. The predicted molar refractivity (Wildman–Crippen MR) is 112 cm³/mol. The molecular weight excluding hydrogens is 405 g/mol. The molecule has 6 nitrogen and oxygen atoms in total. The molecule has 4 rings (SSSR count). The molecule has 1 atom stereocenters. The summed E-state index contributed by atoms with van der Waals surface area (Å²) in [6, 6.07) is 13.1. The lowest BCUT2D eigenvalue weighted by Gasteiger charge is -2.34. The SMILES string of the molecule is O=C(CN1CCN(C(=O)c2ccco2)CC1)N[C@@H](c1ccc(F)cc1)c1cccs1. The Morgan fingerprint density at radius 3 is 2.47 bits per heavy atom. The molecule has 1 aliphatic heterocycles. The Morgan fingerprint density at radius 1 is 1.07 bits per heavy atom. The van der Waals surface area contributed by atoms with Crippen molar-refractivity contribution in [2.75, 3.05) is 32.7 Å². The summed E-state index contributed by atoms with van der Waals surface area (Å²) in [6.07, 6.45) is 1.49. The molecule has 8 heteroatoms. The van der Waals surface area contributed by atoms with Crippen LogP contribution in [-0.2, 0) is 4.79 Å². The van der Waals surface area contributed by atoms with Crippen molar-refractivity contribution in [3.63, 3.8) is 0 Å². The van der Waals surface area contributed by atoms with E-state index in [9.17, 15) is 14.0 Å². The normalized spacial score (nSPS) is 15.7. The van der Waals surface area contributed by atoms with Gasteiger partial charge in [0, 0.05) is 31.1 Å². The Hall–Kier alpha value is -2.97. The van der Waals surface area contributed by atoms with Crippen LogP contribution in [0.25, 0.3) is 0 Å². The Bertz CT molecular complexity index is 966. The standard InChI is InChI=1S/C22H22FN3O3S/c23-17-7-5-16(6-8-17)21(19-4-2-14-30-19)24-20(27)15-25-9-11-26(12-10-25)22(28)18-3-1-13-29-18/h1-8,13-14,21H,9-12,15H2,(H,24,27)/t21-/m0/s1. The van der Waals surface area contributed by atoms with E-state index in [0.29, 0.717) is 31.9 Å². The molecule has 2 aromatic heterocycles. The number of rotatable bonds is 6. The number of thiophene rings is 1. The van der Waals surface area contributed by atoms with E-state index in [1.807, 2.05) is 22.4 Å². The van der Waals surface area contributed by atoms with Crippen LogP contribution in [0, 0.1) is 5.82 Å². The van der Waals surface area contributed by atoms with Crippen LogP contribution in [0.1, 0.15) is 27.0 Å². The van der Waals surface area contributed by atoms with Crippen molar-refractivity contribution < 1.29 is 18.4 Å². The van der Waals surface area contributed by atoms with Gasteiger partial charge < -0.3 is 14.6 Å². The fourth-order valence-electron chi connectivity index (χ4n) is 3.50. The lowest BCUT2D eigenvalue weighted by molar-refractivity contribution is -0.123. The average Bonchev–Trinajstić information content (AvgIpc) is 3.47. The minimum atomic E-state index is -0.320. The van der Waals surface area contributed by atoms with Crippen molar-refractivity contribution in [1.82, 2.24) is 15.1 Å². The van der Waals surface area contributed by atoms with Gasteiger partial charge in [-0.3, -0.25) is 14.5 Å². The van der Waals surface area contributed by atoms with E-state index in [4.69, 9.17) is 4.42 Å². The number of hydrogen-bond donors (Lipinski definition) is 1. The van der Waals surface area contributed by atoms with E-state index in [1.54, 1.807) is 40.5 Å². The summed E-state index contributed by atoms with van der Waals surface area (Å²) in [6.45, 7) is 2.55. The van der Waals surface area contributed by atoms with Crippen LogP contribution in [0.5, 0.6) is 0 Å². The summed E-state index contributed by atoms with van der Waals surface area (Å²) < 4.78 is 18.5. The molecule has 0 spiro atoms. The summed E-state index contributed by atoms with van der Waals surface area (Å²) in [4.78, 5) is 29.8. The first kappa shape index (κ1) is 20.3. The molecule has 1 saturated heterocycles. The third-order valence-electron chi connectivity index (χ3n) is 5.10. The molecule has 1 aromatic carbocycles. The summed E-state index contributed by atoms with van der Waals surface area (Å²) in [5.41, 5.74) is 0.834. The van der Waals surface area contributed by atoms with Gasteiger partial charge in [-0.1, -0.05) is 18.2 Å². The van der Waals surface area contributed by atoms with Gasteiger partial charge >= 0.3 is 0 Å². The van der Waals surface area contributed by atoms with Crippen LogP contribution in [-0.4, -0.2) is 54.3 Å². The molecule has 0 bridgehead atoms. The molecule has 1 N–H and O–H groups in total. The summed E-state index contributed by atoms with van der Waals surface area (Å²) in [5.74, 6) is -0.210. The predicted octanol–water partition coefficient (Wildman–Crippen LogP) is 3.14. The molecule has 3 aromatic rings. The number of carbonyl (C=O) groups excluding carboxylic acids is 2. The lowest BCUT2D eigenvalue weighted by atomic mass is 10.1. The Labute approximate surface area is 177 Å². The van der Waals surface area contributed by atoms with Crippen LogP contribution >= 0.6 is 11.3 Å². The molecular formula is C22H22FN3O3S. The second kappa shape index (κ2) is 9.23. The zero-order valence-corrected chi connectivity index (χ0v) is 17.1. The molecule has 0 unspecified atom stereocenters. The first-order chi connectivity index (χ1) is 14.6. The summed E-state index contributed by atoms with van der Waals surface area (Å²) >= 11 is 1.55. The Morgan fingerprint density at radius 2 is 1.83 bits per heavy atom. The van der Waals surface area contributed by atoms with Crippen LogP contribution in [0.15, 0.2) is 64.6 Å². The van der Waals surface area contributed by atoms with Gasteiger partial charge in [0.25, 0.3) is 5.91 Å². The smallest absolute Gasteiger partial charge is 0.289 e. The van der Waals surface area contributed by atoms with Gasteiger partial charge in [-0.2, -0.15) is 0 Å². The number of halogens is 1. The highest BCUT2D eigenvalue weighted by Gasteiger charge is 2.25. The van der Waals surface area contributed by atoms with Gasteiger partial charge in [-0.15, -0.1) is 11.3 Å². The van der Waals surface area contributed by atoms with Crippen molar-refractivity contribution in [1.29, 1.82) is 0 Å². The van der Waals surface area contributed by atoms with Gasteiger partial charge in [0.05, 0.1) is 18.8 Å². The maximum absolute atomic E-state index is 13.3. The third-order valence-corrected chi connectivity index (χ3v) is 6.03. The van der Waals surface area contributed by atoms with Gasteiger partial charge in [0.1, 0.15) is 5.82 Å². The molecule has 0 saturated carbocycles.